The Hall–Kier alpha value is -2.57. The molecule has 0 bridgehead atoms. The van der Waals surface area contributed by atoms with Crippen LogP contribution in [0.25, 0.3) is 17.1 Å². The number of methoxy groups -OCH3 is 1. The van der Waals surface area contributed by atoms with Crippen LogP contribution in [0.2, 0.25) is 0 Å². The van der Waals surface area contributed by atoms with Crippen molar-refractivity contribution >= 4 is 17.1 Å². The lowest BCUT2D eigenvalue weighted by molar-refractivity contribution is -0.400. The van der Waals surface area contributed by atoms with Crippen LogP contribution in [0.5, 0.6) is 5.75 Å². The first-order valence-electron chi connectivity index (χ1n) is 4.72. The number of ether oxygens (including phenoxy) is 1. The maximum Gasteiger partial charge on any atom is 0.323 e. The molecular weight excluding hydrogens is 226 g/mol. The highest BCUT2D eigenvalue weighted by Gasteiger charge is 2.08. The number of nitro groups is 1. The first kappa shape index (κ1) is 10.9. The Balaban J connectivity index is 2.66. The number of hydrogen-bond donors (Lipinski definition) is 2. The molecule has 0 atom stereocenters. The maximum atomic E-state index is 11.2. The highest BCUT2D eigenvalue weighted by Crippen LogP contribution is 2.25. The summed E-state index contributed by atoms with van der Waals surface area (Å²) >= 11 is 0. The average molecular weight is 235 g/mol. The first-order chi connectivity index (χ1) is 8.11. The molecule has 0 aliphatic heterocycles. The number of aromatic nitrogens is 2. The Labute approximate surface area is 94.9 Å². The minimum absolute atomic E-state index is 0.389. The predicted molar refractivity (Wildman–Crippen MR) is 61.5 cm³/mol. The maximum absolute atomic E-state index is 11.2. The molecule has 17 heavy (non-hydrogen) atoms. The van der Waals surface area contributed by atoms with Gasteiger partial charge in [0.2, 0.25) is 6.20 Å². The monoisotopic (exact) mass is 235 g/mol. The van der Waals surface area contributed by atoms with Crippen molar-refractivity contribution in [1.29, 1.82) is 0 Å². The van der Waals surface area contributed by atoms with Gasteiger partial charge < -0.3 is 14.7 Å². The van der Waals surface area contributed by atoms with Gasteiger partial charge in [-0.05, 0) is 12.1 Å². The van der Waals surface area contributed by atoms with Crippen molar-refractivity contribution in [2.24, 2.45) is 0 Å². The number of benzene rings is 1. The molecule has 0 radical (unpaired) electrons. The molecule has 7 heteroatoms. The summed E-state index contributed by atoms with van der Waals surface area (Å²) in [5, 5.41) is 10.3. The Morgan fingerprint density at radius 3 is 2.71 bits per heavy atom. The standard InChI is InChI=1S/C10H9N3O4/c1-17-7-3-2-6(4-5-13(15)16)8-9(7)12-10(14)11-8/h2-5H,1H3,(H2,11,12,14). The fourth-order valence-electron chi connectivity index (χ4n) is 1.57. The third-order valence-electron chi connectivity index (χ3n) is 2.27. The zero-order chi connectivity index (χ0) is 12.4. The van der Waals surface area contributed by atoms with E-state index in [1.54, 1.807) is 12.1 Å². The highest BCUT2D eigenvalue weighted by atomic mass is 16.6. The van der Waals surface area contributed by atoms with Gasteiger partial charge in [-0.15, -0.1) is 0 Å². The van der Waals surface area contributed by atoms with Crippen LogP contribution in [0.3, 0.4) is 0 Å². The van der Waals surface area contributed by atoms with E-state index in [2.05, 4.69) is 9.97 Å². The van der Waals surface area contributed by atoms with Crippen LogP contribution in [0, 0.1) is 10.1 Å². The van der Waals surface area contributed by atoms with E-state index >= 15 is 0 Å². The molecule has 1 aromatic heterocycles. The van der Waals surface area contributed by atoms with Gasteiger partial charge in [-0.1, -0.05) is 0 Å². The number of H-pyrrole nitrogens is 2. The quantitative estimate of drug-likeness (QED) is 0.614. The number of nitrogens with zero attached hydrogens (tertiary/aromatic N) is 1. The lowest BCUT2D eigenvalue weighted by atomic mass is 10.1. The van der Waals surface area contributed by atoms with Crippen molar-refractivity contribution in [3.8, 4) is 5.75 Å². The molecule has 0 spiro atoms. The summed E-state index contributed by atoms with van der Waals surface area (Å²) in [5.74, 6) is 0.497. The van der Waals surface area contributed by atoms with Gasteiger partial charge in [-0.25, -0.2) is 4.79 Å². The summed E-state index contributed by atoms with van der Waals surface area (Å²) in [7, 11) is 1.48. The smallest absolute Gasteiger partial charge is 0.323 e. The summed E-state index contributed by atoms with van der Waals surface area (Å²) in [6.07, 6.45) is 2.12. The second-order valence-corrected chi connectivity index (χ2v) is 3.29. The number of imidazole rings is 1. The van der Waals surface area contributed by atoms with Crippen LogP contribution in [0.15, 0.2) is 23.1 Å². The van der Waals surface area contributed by atoms with Gasteiger partial charge in [0.05, 0.1) is 17.5 Å². The van der Waals surface area contributed by atoms with E-state index in [-0.39, 0.29) is 5.69 Å². The van der Waals surface area contributed by atoms with Gasteiger partial charge in [0, 0.05) is 11.6 Å². The molecule has 0 fully saturated rings. The van der Waals surface area contributed by atoms with E-state index in [0.29, 0.717) is 22.3 Å². The Morgan fingerprint density at radius 1 is 1.35 bits per heavy atom. The number of hydrogen-bond acceptors (Lipinski definition) is 4. The molecule has 0 amide bonds. The molecule has 2 aromatic rings. The zero-order valence-corrected chi connectivity index (χ0v) is 8.89. The Kier molecular flexibility index (Phi) is 2.65. The van der Waals surface area contributed by atoms with Crippen molar-refractivity contribution in [3.05, 3.63) is 44.5 Å². The molecule has 2 N–H and O–H groups in total. The van der Waals surface area contributed by atoms with Crippen molar-refractivity contribution in [3.63, 3.8) is 0 Å². The molecule has 88 valence electrons. The molecule has 0 saturated heterocycles. The van der Waals surface area contributed by atoms with Gasteiger partial charge in [0.25, 0.3) is 0 Å². The average Bonchev–Trinajstić information content (AvgIpc) is 2.67. The van der Waals surface area contributed by atoms with Crippen molar-refractivity contribution in [2.75, 3.05) is 7.11 Å². The molecule has 0 aliphatic carbocycles. The topological polar surface area (TPSA) is 101 Å². The first-order valence-corrected chi connectivity index (χ1v) is 4.72. The number of aromatic amines is 2. The largest absolute Gasteiger partial charge is 0.494 e. The number of nitrogens with one attached hydrogen (secondary N) is 2. The molecule has 1 aromatic carbocycles. The second kappa shape index (κ2) is 4.12. The molecule has 0 saturated carbocycles. The van der Waals surface area contributed by atoms with Crippen LogP contribution in [0.4, 0.5) is 0 Å². The lowest BCUT2D eigenvalue weighted by Crippen LogP contribution is -1.99. The summed E-state index contributed by atoms with van der Waals surface area (Å²) in [6, 6.07) is 3.26. The minimum Gasteiger partial charge on any atom is -0.494 e. The van der Waals surface area contributed by atoms with Crippen LogP contribution < -0.4 is 10.4 Å². The predicted octanol–water partition coefficient (Wildman–Crippen LogP) is 1.11. The summed E-state index contributed by atoms with van der Waals surface area (Å²) in [6.45, 7) is 0. The van der Waals surface area contributed by atoms with Gasteiger partial charge in [-0.2, -0.15) is 0 Å². The fraction of sp³-hybridized carbons (Fsp3) is 0.100. The van der Waals surface area contributed by atoms with Crippen molar-refractivity contribution in [1.82, 2.24) is 9.97 Å². The molecule has 0 unspecified atom stereocenters. The molecule has 2 rings (SSSR count). The fourth-order valence-corrected chi connectivity index (χ4v) is 1.57. The van der Waals surface area contributed by atoms with Crippen molar-refractivity contribution in [2.45, 2.75) is 0 Å². The molecular formula is C10H9N3O4. The van der Waals surface area contributed by atoms with Gasteiger partial charge in [0.15, 0.2) is 0 Å². The lowest BCUT2D eigenvalue weighted by Gasteiger charge is -2.02. The Morgan fingerprint density at radius 2 is 2.06 bits per heavy atom. The van der Waals surface area contributed by atoms with Gasteiger partial charge in [-0.3, -0.25) is 10.1 Å². The van der Waals surface area contributed by atoms with Crippen molar-refractivity contribution < 1.29 is 9.66 Å². The van der Waals surface area contributed by atoms with E-state index in [4.69, 9.17) is 4.74 Å². The van der Waals surface area contributed by atoms with Gasteiger partial charge >= 0.3 is 5.69 Å². The van der Waals surface area contributed by atoms with E-state index in [9.17, 15) is 14.9 Å². The van der Waals surface area contributed by atoms with Gasteiger partial charge in [0.1, 0.15) is 11.3 Å². The molecule has 1 heterocycles. The summed E-state index contributed by atoms with van der Waals surface area (Å²) in [5.41, 5.74) is 1.12. The number of fused-ring (bicyclic) bond motifs is 1. The molecule has 7 nitrogen and oxygen atoms in total. The summed E-state index contributed by atoms with van der Waals surface area (Å²) < 4.78 is 5.07. The normalized spacial score (nSPS) is 11.1. The van der Waals surface area contributed by atoms with Crippen LogP contribution in [-0.4, -0.2) is 22.0 Å². The second-order valence-electron chi connectivity index (χ2n) is 3.29. The van der Waals surface area contributed by atoms with E-state index in [1.807, 2.05) is 0 Å². The number of rotatable bonds is 3. The third-order valence-corrected chi connectivity index (χ3v) is 2.27. The third kappa shape index (κ3) is 2.03. The minimum atomic E-state index is -0.569. The highest BCUT2D eigenvalue weighted by molar-refractivity contribution is 5.89. The van der Waals surface area contributed by atoms with E-state index in [0.717, 1.165) is 6.20 Å². The Bertz CT molecular complexity index is 653. The SMILES string of the molecule is COc1ccc(C=C[N+](=O)[O-])c2[nH]c(=O)[nH]c12. The van der Waals surface area contributed by atoms with E-state index in [1.165, 1.54) is 13.2 Å². The van der Waals surface area contributed by atoms with Crippen LogP contribution in [-0.2, 0) is 0 Å². The summed E-state index contributed by atoms with van der Waals surface area (Å²) in [4.78, 5) is 26.0. The van der Waals surface area contributed by atoms with Crippen LogP contribution in [0.1, 0.15) is 5.56 Å². The zero-order valence-electron chi connectivity index (χ0n) is 8.89. The molecule has 0 aliphatic rings. The van der Waals surface area contributed by atoms with E-state index < -0.39 is 4.92 Å². The van der Waals surface area contributed by atoms with Crippen LogP contribution >= 0.6 is 0 Å².